The first-order valence-electron chi connectivity index (χ1n) is 10.3. The molecule has 3 rings (SSSR count). The summed E-state index contributed by atoms with van der Waals surface area (Å²) in [5.74, 6) is 4.30. The maximum Gasteiger partial charge on any atom is 0.119 e. The Balaban J connectivity index is 1.44. The van der Waals surface area contributed by atoms with E-state index in [1.54, 1.807) is 6.08 Å². The normalized spacial score (nSPS) is 30.5. The molecule has 25 heavy (non-hydrogen) atoms. The molecule has 2 aliphatic rings. The van der Waals surface area contributed by atoms with E-state index in [9.17, 15) is 4.39 Å². The van der Waals surface area contributed by atoms with Gasteiger partial charge in [0.1, 0.15) is 5.75 Å². The summed E-state index contributed by atoms with van der Waals surface area (Å²) in [5.41, 5.74) is 1.49. The van der Waals surface area contributed by atoms with E-state index in [-0.39, 0.29) is 0 Å². The molecule has 0 N–H and O–H groups in total. The van der Waals surface area contributed by atoms with E-state index in [0.29, 0.717) is 6.33 Å². The lowest BCUT2D eigenvalue weighted by atomic mass is 9.68. The molecule has 2 aliphatic carbocycles. The summed E-state index contributed by atoms with van der Waals surface area (Å²) in [6.07, 6.45) is 14.1. The molecule has 0 bridgehead atoms. The minimum atomic E-state index is 0.717. The third-order valence-electron chi connectivity index (χ3n) is 6.55. The largest absolute Gasteiger partial charge is 0.494 e. The number of benzene rings is 1. The van der Waals surface area contributed by atoms with Crippen LogP contribution in [0.5, 0.6) is 5.75 Å². The highest BCUT2D eigenvalue weighted by atomic mass is 19.1. The lowest BCUT2D eigenvalue weighted by Gasteiger charge is -2.38. The lowest BCUT2D eigenvalue weighted by molar-refractivity contribution is 0.160. The molecule has 1 aromatic rings. The van der Waals surface area contributed by atoms with Gasteiger partial charge in [0.25, 0.3) is 0 Å². The second-order valence-corrected chi connectivity index (χ2v) is 7.99. The van der Waals surface area contributed by atoms with Gasteiger partial charge in [0.05, 0.1) is 12.9 Å². The van der Waals surface area contributed by atoms with Crippen LogP contribution in [0.2, 0.25) is 0 Å². The maximum atomic E-state index is 12.2. The van der Waals surface area contributed by atoms with Gasteiger partial charge in [-0.05, 0) is 106 Å². The van der Waals surface area contributed by atoms with E-state index in [1.165, 1.54) is 56.9 Å². The van der Waals surface area contributed by atoms with Gasteiger partial charge < -0.3 is 4.74 Å². The lowest BCUT2D eigenvalue weighted by Crippen LogP contribution is -2.25. The van der Waals surface area contributed by atoms with Crippen LogP contribution in [0.4, 0.5) is 4.39 Å². The van der Waals surface area contributed by atoms with Crippen LogP contribution < -0.4 is 4.74 Å². The number of rotatable bonds is 6. The third-order valence-corrected chi connectivity index (χ3v) is 6.55. The van der Waals surface area contributed by atoms with Crippen molar-refractivity contribution in [2.24, 2.45) is 17.8 Å². The fraction of sp³-hybridized carbons (Fsp3) is 0.652. The van der Waals surface area contributed by atoms with Gasteiger partial charge in [-0.15, -0.1) is 0 Å². The van der Waals surface area contributed by atoms with Crippen molar-refractivity contribution in [3.8, 4) is 5.75 Å². The standard InChI is InChI=1S/C23H33FO/c1-2-25-23-15-13-22(14-16-23)21-11-9-20(10-12-21)19-7-5-18(6-8-19)4-3-17-24/h3,13-21H,2,4-12H2,1H3/b17-3+/t18-,19-,20-,21-. The van der Waals surface area contributed by atoms with Crippen LogP contribution in [0.3, 0.4) is 0 Å². The Morgan fingerprint density at radius 3 is 2.08 bits per heavy atom. The van der Waals surface area contributed by atoms with Crippen molar-refractivity contribution in [2.45, 2.75) is 70.6 Å². The summed E-state index contributed by atoms with van der Waals surface area (Å²) in [5, 5.41) is 0. The van der Waals surface area contributed by atoms with Gasteiger partial charge in [0, 0.05) is 0 Å². The van der Waals surface area contributed by atoms with E-state index in [4.69, 9.17) is 4.74 Å². The molecule has 0 saturated heterocycles. The van der Waals surface area contributed by atoms with Crippen molar-refractivity contribution >= 4 is 0 Å². The predicted octanol–water partition coefficient (Wildman–Crippen LogP) is 7.04. The van der Waals surface area contributed by atoms with E-state index < -0.39 is 0 Å². The number of hydrogen-bond donors (Lipinski definition) is 0. The van der Waals surface area contributed by atoms with Crippen molar-refractivity contribution < 1.29 is 9.13 Å². The molecule has 0 amide bonds. The highest BCUT2D eigenvalue weighted by molar-refractivity contribution is 5.29. The molecule has 0 atom stereocenters. The van der Waals surface area contributed by atoms with Crippen LogP contribution in [-0.4, -0.2) is 6.61 Å². The number of ether oxygens (including phenoxy) is 1. The zero-order valence-electron chi connectivity index (χ0n) is 15.6. The Morgan fingerprint density at radius 2 is 1.52 bits per heavy atom. The zero-order chi connectivity index (χ0) is 17.5. The second-order valence-electron chi connectivity index (χ2n) is 7.99. The molecular formula is C23H33FO. The highest BCUT2D eigenvalue weighted by Gasteiger charge is 2.31. The molecular weight excluding hydrogens is 311 g/mol. The molecule has 138 valence electrons. The van der Waals surface area contributed by atoms with Crippen LogP contribution >= 0.6 is 0 Å². The van der Waals surface area contributed by atoms with Gasteiger partial charge in [-0.3, -0.25) is 0 Å². The Bertz CT molecular complexity index is 520. The molecule has 2 fully saturated rings. The Hall–Kier alpha value is -1.31. The van der Waals surface area contributed by atoms with Gasteiger partial charge >= 0.3 is 0 Å². The topological polar surface area (TPSA) is 9.23 Å². The maximum absolute atomic E-state index is 12.2. The molecule has 0 aliphatic heterocycles. The summed E-state index contributed by atoms with van der Waals surface area (Å²) < 4.78 is 17.7. The second kappa shape index (κ2) is 9.40. The van der Waals surface area contributed by atoms with Crippen LogP contribution in [0, 0.1) is 17.8 Å². The van der Waals surface area contributed by atoms with Gasteiger partial charge in [0.15, 0.2) is 0 Å². The first-order valence-corrected chi connectivity index (χ1v) is 10.3. The third kappa shape index (κ3) is 5.09. The van der Waals surface area contributed by atoms with Crippen molar-refractivity contribution in [1.82, 2.24) is 0 Å². The van der Waals surface area contributed by atoms with Gasteiger partial charge in [-0.25, -0.2) is 4.39 Å². The summed E-state index contributed by atoms with van der Waals surface area (Å²) in [6, 6.07) is 8.77. The minimum absolute atomic E-state index is 0.717. The highest BCUT2D eigenvalue weighted by Crippen LogP contribution is 2.44. The van der Waals surface area contributed by atoms with Crippen molar-refractivity contribution in [1.29, 1.82) is 0 Å². The van der Waals surface area contributed by atoms with Gasteiger partial charge in [0.2, 0.25) is 0 Å². The summed E-state index contributed by atoms with van der Waals surface area (Å²) >= 11 is 0. The van der Waals surface area contributed by atoms with Crippen LogP contribution in [0.15, 0.2) is 36.7 Å². The Kier molecular flexibility index (Phi) is 6.95. The van der Waals surface area contributed by atoms with Crippen molar-refractivity contribution in [3.05, 3.63) is 42.2 Å². The van der Waals surface area contributed by atoms with Gasteiger partial charge in [-0.1, -0.05) is 18.2 Å². The quantitative estimate of drug-likeness (QED) is 0.538. The van der Waals surface area contributed by atoms with E-state index in [1.807, 2.05) is 6.92 Å². The molecule has 1 aromatic carbocycles. The van der Waals surface area contributed by atoms with E-state index in [2.05, 4.69) is 24.3 Å². The summed E-state index contributed by atoms with van der Waals surface area (Å²) in [4.78, 5) is 0. The molecule has 2 saturated carbocycles. The molecule has 0 heterocycles. The average molecular weight is 345 g/mol. The van der Waals surface area contributed by atoms with Crippen LogP contribution in [-0.2, 0) is 0 Å². The SMILES string of the molecule is CCOc1ccc([C@H]2CC[C@H]([C@H]3CC[C@H](C/C=C/F)CC3)CC2)cc1. The first kappa shape index (κ1) is 18.5. The minimum Gasteiger partial charge on any atom is -0.494 e. The Labute approximate surface area is 152 Å². The molecule has 0 aromatic heterocycles. The molecule has 0 radical (unpaired) electrons. The average Bonchev–Trinajstić information content (AvgIpc) is 2.68. The van der Waals surface area contributed by atoms with E-state index in [0.717, 1.165) is 42.4 Å². The fourth-order valence-electron chi connectivity index (χ4n) is 5.07. The fourth-order valence-corrected chi connectivity index (χ4v) is 5.07. The van der Waals surface area contributed by atoms with Crippen LogP contribution in [0.25, 0.3) is 0 Å². The predicted molar refractivity (Wildman–Crippen MR) is 103 cm³/mol. The molecule has 0 spiro atoms. The monoisotopic (exact) mass is 344 g/mol. The van der Waals surface area contributed by atoms with Crippen LogP contribution in [0.1, 0.15) is 76.2 Å². The van der Waals surface area contributed by atoms with Crippen molar-refractivity contribution in [3.63, 3.8) is 0 Å². The zero-order valence-corrected chi connectivity index (χ0v) is 15.6. The molecule has 0 unspecified atom stereocenters. The van der Waals surface area contributed by atoms with E-state index >= 15 is 0 Å². The summed E-state index contributed by atoms with van der Waals surface area (Å²) in [6.45, 7) is 2.76. The van der Waals surface area contributed by atoms with Crippen molar-refractivity contribution in [2.75, 3.05) is 6.61 Å². The number of allylic oxidation sites excluding steroid dienone is 1. The number of halogens is 1. The smallest absolute Gasteiger partial charge is 0.119 e. The first-order chi connectivity index (χ1) is 12.3. The Morgan fingerprint density at radius 1 is 0.920 bits per heavy atom. The molecule has 1 nitrogen and oxygen atoms in total. The number of hydrogen-bond acceptors (Lipinski definition) is 1. The van der Waals surface area contributed by atoms with Gasteiger partial charge in [-0.2, -0.15) is 0 Å². The molecule has 2 heteroatoms. The summed E-state index contributed by atoms with van der Waals surface area (Å²) in [7, 11) is 0.